The van der Waals surface area contributed by atoms with Crippen LogP contribution in [0.25, 0.3) is 22.2 Å². The molecule has 0 aliphatic heterocycles. The van der Waals surface area contributed by atoms with E-state index in [1.807, 2.05) is 42.5 Å². The van der Waals surface area contributed by atoms with E-state index in [-0.39, 0.29) is 0 Å². The molecule has 2 aromatic heterocycles. The number of methoxy groups -OCH3 is 2. The van der Waals surface area contributed by atoms with Crippen LogP contribution in [-0.4, -0.2) is 30.7 Å². The Labute approximate surface area is 174 Å². The first-order valence-corrected chi connectivity index (χ1v) is 9.68. The van der Waals surface area contributed by atoms with E-state index in [1.54, 1.807) is 20.5 Å². The third-order valence-electron chi connectivity index (χ3n) is 5.00. The molecule has 7 heteroatoms. The van der Waals surface area contributed by atoms with Gasteiger partial charge in [-0.2, -0.15) is 0 Å². The predicted octanol–water partition coefficient (Wildman–Crippen LogP) is 3.82. The van der Waals surface area contributed by atoms with E-state index in [9.17, 15) is 0 Å². The Hall–Kier alpha value is -3.58. The topological polar surface area (TPSA) is 95.4 Å². The zero-order valence-corrected chi connectivity index (χ0v) is 17.0. The Balaban J connectivity index is 1.47. The number of fused-ring (bicyclic) bond motifs is 1. The summed E-state index contributed by atoms with van der Waals surface area (Å²) in [5.74, 6) is 2.80. The number of aromatic nitrogens is 2. The smallest absolute Gasteiger partial charge is 0.139 e. The van der Waals surface area contributed by atoms with Crippen LogP contribution in [0.1, 0.15) is 11.1 Å². The van der Waals surface area contributed by atoms with Crippen molar-refractivity contribution in [3.63, 3.8) is 0 Å². The van der Waals surface area contributed by atoms with Crippen molar-refractivity contribution in [2.24, 2.45) is 0 Å². The highest BCUT2D eigenvalue weighted by Crippen LogP contribution is 2.33. The molecule has 0 saturated carbocycles. The minimum atomic E-state index is 0.442. The van der Waals surface area contributed by atoms with Crippen LogP contribution in [0, 0.1) is 0 Å². The highest BCUT2D eigenvalue weighted by Gasteiger charge is 2.15. The van der Waals surface area contributed by atoms with Crippen molar-refractivity contribution in [2.45, 2.75) is 13.0 Å². The summed E-state index contributed by atoms with van der Waals surface area (Å²) in [6, 6.07) is 13.7. The maximum Gasteiger partial charge on any atom is 0.139 e. The fourth-order valence-corrected chi connectivity index (χ4v) is 3.50. The van der Waals surface area contributed by atoms with Gasteiger partial charge in [0.2, 0.25) is 0 Å². The molecule has 30 heavy (non-hydrogen) atoms. The van der Waals surface area contributed by atoms with E-state index in [2.05, 4.69) is 15.3 Å². The van der Waals surface area contributed by atoms with Gasteiger partial charge in [0.1, 0.15) is 29.4 Å². The van der Waals surface area contributed by atoms with Crippen LogP contribution >= 0.6 is 0 Å². The molecule has 154 valence electrons. The number of furan rings is 1. The largest absolute Gasteiger partial charge is 0.497 e. The minimum Gasteiger partial charge on any atom is -0.497 e. The molecule has 4 rings (SSSR count). The van der Waals surface area contributed by atoms with Crippen molar-refractivity contribution in [1.29, 1.82) is 0 Å². The molecule has 7 nitrogen and oxygen atoms in total. The maximum absolute atomic E-state index is 6.12. The molecular weight excluding hydrogens is 380 g/mol. The van der Waals surface area contributed by atoms with Gasteiger partial charge in [-0.1, -0.05) is 12.1 Å². The van der Waals surface area contributed by atoms with E-state index >= 15 is 0 Å². The van der Waals surface area contributed by atoms with Crippen LogP contribution in [0.3, 0.4) is 0 Å². The quantitative estimate of drug-likeness (QED) is 0.431. The second kappa shape index (κ2) is 8.84. The summed E-state index contributed by atoms with van der Waals surface area (Å²) in [6.45, 7) is 1.46. The van der Waals surface area contributed by atoms with E-state index in [1.165, 1.54) is 6.33 Å². The summed E-state index contributed by atoms with van der Waals surface area (Å²) in [5.41, 5.74) is 10.00. The van der Waals surface area contributed by atoms with E-state index in [0.29, 0.717) is 12.4 Å². The molecule has 0 spiro atoms. The SMILES string of the molecule is COc1cc(CCNCc2ccoc2-c2cccc3ncnc(N)c23)cc(OC)c1. The van der Waals surface area contributed by atoms with Gasteiger partial charge in [0.15, 0.2) is 0 Å². The lowest BCUT2D eigenvalue weighted by atomic mass is 10.0. The third-order valence-corrected chi connectivity index (χ3v) is 5.00. The molecule has 0 saturated heterocycles. The summed E-state index contributed by atoms with van der Waals surface area (Å²) in [7, 11) is 3.31. The Kier molecular flexibility index (Phi) is 5.81. The lowest BCUT2D eigenvalue weighted by molar-refractivity contribution is 0.393. The lowest BCUT2D eigenvalue weighted by Crippen LogP contribution is -2.16. The Morgan fingerprint density at radius 2 is 1.83 bits per heavy atom. The van der Waals surface area contributed by atoms with Crippen molar-refractivity contribution in [3.8, 4) is 22.8 Å². The molecule has 0 atom stereocenters. The van der Waals surface area contributed by atoms with Gasteiger partial charge >= 0.3 is 0 Å². The number of nitrogens with two attached hydrogens (primary N) is 1. The van der Waals surface area contributed by atoms with Gasteiger partial charge in [-0.3, -0.25) is 0 Å². The first-order chi connectivity index (χ1) is 14.7. The third kappa shape index (κ3) is 4.06. The second-order valence-corrected chi connectivity index (χ2v) is 6.88. The molecular formula is C23H24N4O3. The minimum absolute atomic E-state index is 0.442. The monoisotopic (exact) mass is 404 g/mol. The number of nitrogen functional groups attached to an aromatic ring is 1. The number of hydrogen-bond donors (Lipinski definition) is 2. The molecule has 0 bridgehead atoms. The Morgan fingerprint density at radius 1 is 1.03 bits per heavy atom. The molecule has 0 fully saturated rings. The number of nitrogens with zero attached hydrogens (tertiary/aromatic N) is 2. The molecule has 0 aliphatic carbocycles. The number of anilines is 1. The van der Waals surface area contributed by atoms with Gasteiger partial charge in [-0.15, -0.1) is 0 Å². The molecule has 0 radical (unpaired) electrons. The molecule has 2 heterocycles. The maximum atomic E-state index is 6.12. The van der Waals surface area contributed by atoms with Crippen molar-refractivity contribution >= 4 is 16.7 Å². The van der Waals surface area contributed by atoms with Crippen LogP contribution in [-0.2, 0) is 13.0 Å². The molecule has 0 unspecified atom stereocenters. The normalized spacial score (nSPS) is 11.0. The second-order valence-electron chi connectivity index (χ2n) is 6.88. The first kappa shape index (κ1) is 19.7. The van der Waals surface area contributed by atoms with Crippen molar-refractivity contribution < 1.29 is 13.9 Å². The van der Waals surface area contributed by atoms with Crippen molar-refractivity contribution in [1.82, 2.24) is 15.3 Å². The average molecular weight is 404 g/mol. The average Bonchev–Trinajstić information content (AvgIpc) is 3.24. The highest BCUT2D eigenvalue weighted by molar-refractivity contribution is 6.00. The summed E-state index contributed by atoms with van der Waals surface area (Å²) in [4.78, 5) is 8.44. The van der Waals surface area contributed by atoms with Crippen LogP contribution in [0.4, 0.5) is 5.82 Å². The van der Waals surface area contributed by atoms with Crippen LogP contribution in [0.5, 0.6) is 11.5 Å². The number of ether oxygens (including phenoxy) is 2. The number of benzene rings is 2. The van der Waals surface area contributed by atoms with Gasteiger partial charge < -0.3 is 24.9 Å². The highest BCUT2D eigenvalue weighted by atomic mass is 16.5. The number of rotatable bonds is 8. The summed E-state index contributed by atoms with van der Waals surface area (Å²) in [6.07, 6.45) is 4.01. The molecule has 0 amide bonds. The summed E-state index contributed by atoms with van der Waals surface area (Å²) < 4.78 is 16.5. The Bertz CT molecular complexity index is 1130. The van der Waals surface area contributed by atoms with E-state index < -0.39 is 0 Å². The zero-order valence-electron chi connectivity index (χ0n) is 17.0. The molecule has 3 N–H and O–H groups in total. The van der Waals surface area contributed by atoms with Crippen molar-refractivity contribution in [2.75, 3.05) is 26.5 Å². The van der Waals surface area contributed by atoms with Gasteiger partial charge in [-0.25, -0.2) is 9.97 Å². The first-order valence-electron chi connectivity index (χ1n) is 9.68. The molecule has 4 aromatic rings. The zero-order chi connectivity index (χ0) is 20.9. The van der Waals surface area contributed by atoms with E-state index in [4.69, 9.17) is 19.6 Å². The van der Waals surface area contributed by atoms with Crippen LogP contribution in [0.2, 0.25) is 0 Å². The van der Waals surface area contributed by atoms with Gasteiger partial charge in [0.25, 0.3) is 0 Å². The molecule has 2 aromatic carbocycles. The van der Waals surface area contributed by atoms with Crippen LogP contribution < -0.4 is 20.5 Å². The van der Waals surface area contributed by atoms with E-state index in [0.717, 1.165) is 57.8 Å². The Morgan fingerprint density at radius 3 is 2.60 bits per heavy atom. The lowest BCUT2D eigenvalue weighted by Gasteiger charge is -2.10. The van der Waals surface area contributed by atoms with Gasteiger partial charge in [0, 0.05) is 23.7 Å². The summed E-state index contributed by atoms with van der Waals surface area (Å²) in [5, 5.41) is 4.29. The fourth-order valence-electron chi connectivity index (χ4n) is 3.50. The standard InChI is InChI=1S/C23H24N4O3/c1-28-17-10-15(11-18(12-17)29-2)6-8-25-13-16-7-9-30-22(16)19-4-3-5-20-21(19)23(24)27-14-26-20/h3-5,7,9-12,14,25H,6,8,13H2,1-2H3,(H2,24,26,27). The number of nitrogens with one attached hydrogen (secondary N) is 1. The molecule has 0 aliphatic rings. The number of hydrogen-bond acceptors (Lipinski definition) is 7. The predicted molar refractivity (Wildman–Crippen MR) is 117 cm³/mol. The fraction of sp³-hybridized carbons (Fsp3) is 0.217. The van der Waals surface area contributed by atoms with Gasteiger partial charge in [-0.05, 0) is 42.8 Å². The van der Waals surface area contributed by atoms with Crippen LogP contribution in [0.15, 0.2) is 59.5 Å². The summed E-state index contributed by atoms with van der Waals surface area (Å²) >= 11 is 0. The van der Waals surface area contributed by atoms with Gasteiger partial charge in [0.05, 0.1) is 31.4 Å². The van der Waals surface area contributed by atoms with Crippen molar-refractivity contribution in [3.05, 3.63) is 66.2 Å².